The number of rotatable bonds is 5. The molecule has 1 aromatic heterocycles. The molecule has 0 saturated heterocycles. The number of nitrogens with zero attached hydrogens (tertiary/aromatic N) is 1. The summed E-state index contributed by atoms with van der Waals surface area (Å²) in [5.74, 6) is 0.532. The van der Waals surface area contributed by atoms with Gasteiger partial charge in [0.05, 0.1) is 12.4 Å². The SMILES string of the molecule is CC(O)CCCNc1nc[nH]c(=O)c1Br. The van der Waals surface area contributed by atoms with Crippen LogP contribution in [0.15, 0.2) is 15.6 Å². The van der Waals surface area contributed by atoms with Crippen LogP contribution in [0, 0.1) is 0 Å². The first-order valence-electron chi connectivity index (χ1n) is 4.76. The van der Waals surface area contributed by atoms with Crippen LogP contribution in [0.1, 0.15) is 19.8 Å². The van der Waals surface area contributed by atoms with Crippen LogP contribution in [0.5, 0.6) is 0 Å². The molecule has 1 rings (SSSR count). The van der Waals surface area contributed by atoms with Gasteiger partial charge in [-0.15, -0.1) is 0 Å². The molecule has 3 N–H and O–H groups in total. The van der Waals surface area contributed by atoms with E-state index in [9.17, 15) is 4.79 Å². The van der Waals surface area contributed by atoms with E-state index in [0.717, 1.165) is 12.8 Å². The molecule has 5 nitrogen and oxygen atoms in total. The number of nitrogens with one attached hydrogen (secondary N) is 2. The van der Waals surface area contributed by atoms with E-state index in [1.165, 1.54) is 6.33 Å². The summed E-state index contributed by atoms with van der Waals surface area (Å²) in [5, 5.41) is 12.1. The van der Waals surface area contributed by atoms with Crippen molar-refractivity contribution >= 4 is 21.7 Å². The van der Waals surface area contributed by atoms with Crippen LogP contribution in [0.4, 0.5) is 5.82 Å². The topological polar surface area (TPSA) is 78.0 Å². The molecule has 1 atom stereocenters. The van der Waals surface area contributed by atoms with E-state index in [0.29, 0.717) is 16.8 Å². The lowest BCUT2D eigenvalue weighted by Crippen LogP contribution is -2.13. The predicted molar refractivity (Wildman–Crippen MR) is 62.0 cm³/mol. The predicted octanol–water partition coefficient (Wildman–Crippen LogP) is 1.11. The van der Waals surface area contributed by atoms with E-state index >= 15 is 0 Å². The Balaban J connectivity index is 2.44. The first-order valence-corrected chi connectivity index (χ1v) is 5.55. The molecule has 1 heterocycles. The Kier molecular flexibility index (Phi) is 4.77. The van der Waals surface area contributed by atoms with Crippen LogP contribution >= 0.6 is 15.9 Å². The second-order valence-electron chi connectivity index (χ2n) is 3.31. The number of H-pyrrole nitrogens is 1. The molecule has 1 unspecified atom stereocenters. The lowest BCUT2D eigenvalue weighted by Gasteiger charge is -2.07. The van der Waals surface area contributed by atoms with Crippen LogP contribution in [0.3, 0.4) is 0 Å². The van der Waals surface area contributed by atoms with Crippen LogP contribution in [-0.2, 0) is 0 Å². The third-order valence-electron chi connectivity index (χ3n) is 1.89. The Labute approximate surface area is 96.1 Å². The Morgan fingerprint density at radius 1 is 1.73 bits per heavy atom. The van der Waals surface area contributed by atoms with E-state index < -0.39 is 0 Å². The van der Waals surface area contributed by atoms with Crippen LogP contribution in [0.2, 0.25) is 0 Å². The monoisotopic (exact) mass is 275 g/mol. The highest BCUT2D eigenvalue weighted by Gasteiger charge is 2.03. The van der Waals surface area contributed by atoms with Crippen molar-refractivity contribution in [2.24, 2.45) is 0 Å². The lowest BCUT2D eigenvalue weighted by molar-refractivity contribution is 0.183. The summed E-state index contributed by atoms with van der Waals surface area (Å²) in [7, 11) is 0. The molecule has 0 saturated carbocycles. The van der Waals surface area contributed by atoms with Crippen molar-refractivity contribution in [1.82, 2.24) is 9.97 Å². The molecule has 0 spiro atoms. The third kappa shape index (κ3) is 4.01. The lowest BCUT2D eigenvalue weighted by atomic mass is 10.2. The summed E-state index contributed by atoms with van der Waals surface area (Å²) in [6.07, 6.45) is 2.62. The van der Waals surface area contributed by atoms with Gasteiger partial charge in [0.15, 0.2) is 0 Å². The Bertz CT molecular complexity index is 365. The van der Waals surface area contributed by atoms with Gasteiger partial charge in [-0.2, -0.15) is 0 Å². The molecule has 0 fully saturated rings. The minimum Gasteiger partial charge on any atom is -0.393 e. The van der Waals surface area contributed by atoms with Crippen molar-refractivity contribution in [2.45, 2.75) is 25.9 Å². The van der Waals surface area contributed by atoms with Crippen molar-refractivity contribution < 1.29 is 5.11 Å². The Morgan fingerprint density at radius 2 is 2.47 bits per heavy atom. The van der Waals surface area contributed by atoms with Gasteiger partial charge < -0.3 is 15.4 Å². The minimum atomic E-state index is -0.289. The molecule has 0 aromatic carbocycles. The second kappa shape index (κ2) is 5.87. The first kappa shape index (κ1) is 12.2. The summed E-state index contributed by atoms with van der Waals surface area (Å²) in [4.78, 5) is 17.6. The normalized spacial score (nSPS) is 12.5. The average molecular weight is 276 g/mol. The van der Waals surface area contributed by atoms with Gasteiger partial charge in [-0.1, -0.05) is 0 Å². The van der Waals surface area contributed by atoms with Crippen molar-refractivity contribution in [1.29, 1.82) is 0 Å². The molecule has 84 valence electrons. The van der Waals surface area contributed by atoms with Crippen molar-refractivity contribution in [3.63, 3.8) is 0 Å². The number of hydrogen-bond donors (Lipinski definition) is 3. The smallest absolute Gasteiger partial charge is 0.267 e. The molecular weight excluding hydrogens is 262 g/mol. The fourth-order valence-corrected chi connectivity index (χ4v) is 1.47. The van der Waals surface area contributed by atoms with Crippen molar-refractivity contribution in [3.8, 4) is 0 Å². The summed E-state index contributed by atoms with van der Waals surface area (Å²) < 4.78 is 0.405. The van der Waals surface area contributed by atoms with Gasteiger partial charge in [-0.3, -0.25) is 4.79 Å². The maximum absolute atomic E-state index is 11.2. The quantitative estimate of drug-likeness (QED) is 0.704. The molecule has 0 bridgehead atoms. The summed E-state index contributed by atoms with van der Waals surface area (Å²) in [6.45, 7) is 2.43. The van der Waals surface area contributed by atoms with Gasteiger partial charge in [0, 0.05) is 6.54 Å². The first-order chi connectivity index (χ1) is 7.11. The zero-order valence-electron chi connectivity index (χ0n) is 8.46. The van der Waals surface area contributed by atoms with E-state index in [4.69, 9.17) is 5.11 Å². The zero-order chi connectivity index (χ0) is 11.3. The molecule has 0 amide bonds. The summed E-state index contributed by atoms with van der Waals surface area (Å²) in [5.41, 5.74) is -0.206. The highest BCUT2D eigenvalue weighted by molar-refractivity contribution is 9.10. The van der Waals surface area contributed by atoms with Gasteiger partial charge in [0.2, 0.25) is 0 Å². The maximum Gasteiger partial charge on any atom is 0.267 e. The highest BCUT2D eigenvalue weighted by Crippen LogP contribution is 2.12. The molecule has 6 heteroatoms. The Hall–Kier alpha value is -0.880. The number of aliphatic hydroxyl groups is 1. The van der Waals surface area contributed by atoms with E-state index in [1.807, 2.05) is 0 Å². The van der Waals surface area contributed by atoms with Gasteiger partial charge in [0.25, 0.3) is 5.56 Å². The van der Waals surface area contributed by atoms with Gasteiger partial charge >= 0.3 is 0 Å². The summed E-state index contributed by atoms with van der Waals surface area (Å²) in [6, 6.07) is 0. The van der Waals surface area contributed by atoms with Crippen LogP contribution in [0.25, 0.3) is 0 Å². The number of aromatic amines is 1. The number of anilines is 1. The summed E-state index contributed by atoms with van der Waals surface area (Å²) >= 11 is 3.14. The standard InChI is InChI=1S/C9H14BrN3O2/c1-6(14)3-2-4-11-8-7(10)9(15)13-5-12-8/h5-6,14H,2-4H2,1H3,(H2,11,12,13,15). The number of hydrogen-bond acceptors (Lipinski definition) is 4. The number of aliphatic hydroxyl groups excluding tert-OH is 1. The van der Waals surface area contributed by atoms with E-state index in [2.05, 4.69) is 31.2 Å². The van der Waals surface area contributed by atoms with Crippen LogP contribution in [-0.4, -0.2) is 27.7 Å². The minimum absolute atomic E-state index is 0.206. The second-order valence-corrected chi connectivity index (χ2v) is 4.11. The fraction of sp³-hybridized carbons (Fsp3) is 0.556. The Morgan fingerprint density at radius 3 is 3.13 bits per heavy atom. The van der Waals surface area contributed by atoms with Crippen LogP contribution < -0.4 is 10.9 Å². The van der Waals surface area contributed by atoms with Gasteiger partial charge in [-0.25, -0.2) is 4.98 Å². The van der Waals surface area contributed by atoms with E-state index in [-0.39, 0.29) is 11.7 Å². The molecule has 1 aromatic rings. The largest absolute Gasteiger partial charge is 0.393 e. The number of aromatic nitrogens is 2. The fourth-order valence-electron chi connectivity index (χ4n) is 1.11. The van der Waals surface area contributed by atoms with Gasteiger partial charge in [-0.05, 0) is 35.7 Å². The van der Waals surface area contributed by atoms with Gasteiger partial charge in [0.1, 0.15) is 10.3 Å². The molecule has 15 heavy (non-hydrogen) atoms. The van der Waals surface area contributed by atoms with Crippen molar-refractivity contribution in [2.75, 3.05) is 11.9 Å². The third-order valence-corrected chi connectivity index (χ3v) is 2.62. The zero-order valence-corrected chi connectivity index (χ0v) is 10.0. The average Bonchev–Trinajstić information content (AvgIpc) is 2.18. The maximum atomic E-state index is 11.2. The van der Waals surface area contributed by atoms with E-state index in [1.54, 1.807) is 6.92 Å². The molecule has 0 aliphatic rings. The molecule has 0 aliphatic heterocycles. The van der Waals surface area contributed by atoms with Crippen molar-refractivity contribution in [3.05, 3.63) is 21.2 Å². The number of halogens is 1. The molecule has 0 aliphatic carbocycles. The molecule has 0 radical (unpaired) electrons. The molecular formula is C9H14BrN3O2. The highest BCUT2D eigenvalue weighted by atomic mass is 79.9.